The molecule has 14 nitrogen and oxygen atoms in total. The third kappa shape index (κ3) is 20.6. The van der Waals surface area contributed by atoms with E-state index in [9.17, 15) is 0 Å². The molecule has 2 heterocycles. The van der Waals surface area contributed by atoms with E-state index in [-0.39, 0.29) is 17.1 Å². The molecular formula is C12H16CuN8O6. The zero-order chi connectivity index (χ0) is 19.6. The van der Waals surface area contributed by atoms with Gasteiger partial charge in [-0.2, -0.15) is 0 Å². The van der Waals surface area contributed by atoms with Gasteiger partial charge < -0.3 is 40.6 Å². The number of aliphatic imine (C=N–C) groups is 2. The van der Waals surface area contributed by atoms with Gasteiger partial charge in [-0.15, -0.1) is 0 Å². The predicted molar refractivity (Wildman–Crippen MR) is 92.1 cm³/mol. The minimum Gasteiger partial charge on any atom is -0.356 e. The molecule has 0 unspecified atom stereocenters. The summed E-state index contributed by atoms with van der Waals surface area (Å²) >= 11 is 0. The van der Waals surface area contributed by atoms with Crippen molar-refractivity contribution in [2.45, 2.75) is 12.8 Å². The maximum Gasteiger partial charge on any atom is 2.00 e. The van der Waals surface area contributed by atoms with E-state index in [0.29, 0.717) is 0 Å². The average Bonchev–Trinajstić information content (AvgIpc) is 3.22. The fourth-order valence-corrected chi connectivity index (χ4v) is 1.41. The van der Waals surface area contributed by atoms with Crippen molar-refractivity contribution in [2.24, 2.45) is 9.98 Å². The Bertz CT molecular complexity index is 595. The summed E-state index contributed by atoms with van der Waals surface area (Å²) in [5.41, 5.74) is 1.73. The zero-order valence-electron chi connectivity index (χ0n) is 13.7. The molecular weight excluding hydrogens is 416 g/mol. The van der Waals surface area contributed by atoms with Crippen molar-refractivity contribution in [3.8, 4) is 0 Å². The number of unbranched alkanes of at least 4 members (excludes halogenated alkanes) is 1. The van der Waals surface area contributed by atoms with Gasteiger partial charge in [0.05, 0.1) is 34.2 Å². The van der Waals surface area contributed by atoms with Crippen molar-refractivity contribution in [2.75, 3.05) is 13.1 Å². The van der Waals surface area contributed by atoms with Gasteiger partial charge >= 0.3 is 17.1 Å². The normalized spacial score (nSPS) is 9.63. The maximum atomic E-state index is 8.25. The Kier molecular flexibility index (Phi) is 16.8. The first-order valence-corrected chi connectivity index (χ1v) is 7.02. The third-order valence-electron chi connectivity index (χ3n) is 2.31. The van der Waals surface area contributed by atoms with Crippen LogP contribution in [-0.2, 0) is 17.1 Å². The number of rotatable bonds is 7. The van der Waals surface area contributed by atoms with E-state index in [4.69, 9.17) is 30.6 Å². The van der Waals surface area contributed by atoms with Gasteiger partial charge in [0.25, 0.3) is 0 Å². The third-order valence-corrected chi connectivity index (χ3v) is 2.31. The van der Waals surface area contributed by atoms with Gasteiger partial charge in [-0.3, -0.25) is 9.98 Å². The topological polar surface area (TPSA) is 214 Å². The summed E-state index contributed by atoms with van der Waals surface area (Å²) in [5.74, 6) is 0. The Morgan fingerprint density at radius 1 is 0.852 bits per heavy atom. The smallest absolute Gasteiger partial charge is 0.356 e. The number of aromatic nitrogens is 4. The summed E-state index contributed by atoms with van der Waals surface area (Å²) in [6.07, 6.45) is 12.5. The molecule has 0 aliphatic carbocycles. The van der Waals surface area contributed by atoms with Gasteiger partial charge in [-0.1, -0.05) is 0 Å². The largest absolute Gasteiger partial charge is 2.00 e. The minimum absolute atomic E-state index is 0. The van der Waals surface area contributed by atoms with Crippen LogP contribution >= 0.6 is 0 Å². The number of imidazole rings is 2. The Hall–Kier alpha value is -3.32. The molecule has 2 rings (SSSR count). The van der Waals surface area contributed by atoms with Crippen molar-refractivity contribution in [1.82, 2.24) is 19.9 Å². The van der Waals surface area contributed by atoms with Gasteiger partial charge in [0.1, 0.15) is 0 Å². The molecule has 2 aromatic rings. The van der Waals surface area contributed by atoms with E-state index < -0.39 is 10.2 Å². The van der Waals surface area contributed by atoms with Crippen LogP contribution in [0.25, 0.3) is 0 Å². The van der Waals surface area contributed by atoms with Gasteiger partial charge in [0.15, 0.2) is 0 Å². The van der Waals surface area contributed by atoms with E-state index in [2.05, 4.69) is 29.9 Å². The van der Waals surface area contributed by atoms with Crippen molar-refractivity contribution in [1.29, 1.82) is 0 Å². The van der Waals surface area contributed by atoms with Crippen molar-refractivity contribution in [3.05, 3.63) is 67.1 Å². The number of aromatic amines is 2. The number of hydrogen-bond acceptors (Lipinski definition) is 10. The number of nitrogens with one attached hydrogen (secondary N) is 2. The van der Waals surface area contributed by atoms with Gasteiger partial charge in [-0.25, -0.2) is 9.97 Å². The molecule has 0 fully saturated rings. The summed E-state index contributed by atoms with van der Waals surface area (Å²) in [6, 6.07) is 0. The Morgan fingerprint density at radius 2 is 1.19 bits per heavy atom. The number of H-pyrrole nitrogens is 2. The van der Waals surface area contributed by atoms with E-state index >= 15 is 0 Å². The van der Waals surface area contributed by atoms with Crippen LogP contribution in [0.1, 0.15) is 24.2 Å². The molecule has 1 radical (unpaired) electrons. The van der Waals surface area contributed by atoms with E-state index in [1.54, 1.807) is 25.1 Å². The molecule has 0 saturated carbocycles. The Labute approximate surface area is 163 Å². The fourth-order valence-electron chi connectivity index (χ4n) is 1.41. The zero-order valence-corrected chi connectivity index (χ0v) is 14.7. The van der Waals surface area contributed by atoms with Crippen LogP contribution < -0.4 is 0 Å². The second-order valence-corrected chi connectivity index (χ2v) is 4.21. The molecule has 0 saturated heterocycles. The van der Waals surface area contributed by atoms with Crippen LogP contribution in [0.15, 0.2) is 35.0 Å². The molecule has 2 N–H and O–H groups in total. The summed E-state index contributed by atoms with van der Waals surface area (Å²) in [6.45, 7) is 1.62. The molecule has 0 aliphatic rings. The first-order chi connectivity index (χ1) is 12.4. The van der Waals surface area contributed by atoms with Crippen molar-refractivity contribution < 1.29 is 27.2 Å². The molecule has 0 aliphatic heterocycles. The van der Waals surface area contributed by atoms with E-state index in [0.717, 1.165) is 37.3 Å². The molecule has 0 spiro atoms. The van der Waals surface area contributed by atoms with Gasteiger partial charge in [0, 0.05) is 37.9 Å². The van der Waals surface area contributed by atoms with Gasteiger partial charge in [0.2, 0.25) is 0 Å². The molecule has 0 atom stereocenters. The second-order valence-electron chi connectivity index (χ2n) is 4.21. The Balaban J connectivity index is 0. The molecule has 0 aromatic carbocycles. The van der Waals surface area contributed by atoms with E-state index in [1.165, 1.54) is 0 Å². The van der Waals surface area contributed by atoms with Crippen LogP contribution in [0.3, 0.4) is 0 Å². The number of nitrogens with zero attached hydrogens (tertiary/aromatic N) is 6. The standard InChI is InChI=1S/C12H16N6.Cu.2NO3/c1(3-13-5-11-7-15-9-17-11)2-4-14-6-12-8-16-10-18-12;;2*2-1(3)4/h5-10H,1-4H2,(H,15,17)(H,16,18);;;/q;+2;2*-1. The predicted octanol–water partition coefficient (Wildman–Crippen LogP) is 0.970. The second kappa shape index (κ2) is 17.5. The van der Waals surface area contributed by atoms with Crippen molar-refractivity contribution >= 4 is 12.4 Å². The minimum atomic E-state index is -1.75. The first-order valence-electron chi connectivity index (χ1n) is 7.02. The SMILES string of the molecule is C(=NCCCCN=Cc1c[nH]cn1)c1c[nH]cn1.O=[N+]([O-])[O-].O=[N+]([O-])[O-].[Cu+2]. The Morgan fingerprint density at radius 3 is 1.44 bits per heavy atom. The quantitative estimate of drug-likeness (QED) is 0.211. The molecule has 2 aromatic heterocycles. The van der Waals surface area contributed by atoms with Gasteiger partial charge in [-0.05, 0) is 12.8 Å². The monoisotopic (exact) mass is 431 g/mol. The summed E-state index contributed by atoms with van der Waals surface area (Å²) < 4.78 is 0. The fraction of sp³-hybridized carbons (Fsp3) is 0.333. The van der Waals surface area contributed by atoms with Crippen LogP contribution in [0.2, 0.25) is 0 Å². The number of hydrogen-bond donors (Lipinski definition) is 2. The summed E-state index contributed by atoms with van der Waals surface area (Å²) in [7, 11) is 0. The van der Waals surface area contributed by atoms with E-state index in [1.807, 2.05) is 12.4 Å². The molecule has 15 heteroatoms. The summed E-state index contributed by atoms with van der Waals surface area (Å²) in [4.78, 5) is 38.9. The maximum absolute atomic E-state index is 8.25. The molecule has 0 bridgehead atoms. The molecule has 151 valence electrons. The van der Waals surface area contributed by atoms with Crippen LogP contribution in [0.4, 0.5) is 0 Å². The summed E-state index contributed by atoms with van der Waals surface area (Å²) in [5, 5.41) is 29.5. The molecule has 27 heavy (non-hydrogen) atoms. The average molecular weight is 432 g/mol. The van der Waals surface area contributed by atoms with Crippen molar-refractivity contribution in [3.63, 3.8) is 0 Å². The first kappa shape index (κ1) is 25.9. The molecule has 0 amide bonds. The van der Waals surface area contributed by atoms with Crippen LogP contribution in [-0.4, -0.2) is 55.6 Å². The van der Waals surface area contributed by atoms with Crippen LogP contribution in [0, 0.1) is 30.6 Å². The van der Waals surface area contributed by atoms with Crippen LogP contribution in [0.5, 0.6) is 0 Å².